The molecular weight excluding hydrogens is 595 g/mol. The van der Waals surface area contributed by atoms with Crippen LogP contribution in [-0.4, -0.2) is 27.8 Å². The fourth-order valence-corrected chi connectivity index (χ4v) is 16.4. The first kappa shape index (κ1) is 26.4. The molecule has 8 aromatic rings. The molecule has 5 aromatic carbocycles. The summed E-state index contributed by atoms with van der Waals surface area (Å²) < 4.78 is 7.64. The van der Waals surface area contributed by atoms with E-state index in [1.807, 2.05) is 30.6 Å². The molecule has 0 radical (unpaired) electrons. The topological polar surface area (TPSA) is 30.7 Å². The molecule has 0 aliphatic carbocycles. The Hall–Kier alpha value is -5.26. The van der Waals surface area contributed by atoms with Crippen LogP contribution in [0, 0.1) is 0 Å². The Morgan fingerprint density at radius 1 is 0.432 bits per heavy atom. The van der Waals surface area contributed by atoms with Crippen molar-refractivity contribution < 1.29 is 0 Å². The van der Waals surface area contributed by atoms with Gasteiger partial charge in [-0.25, -0.2) is 0 Å². The molecule has 0 saturated heterocycles. The van der Waals surface area contributed by atoms with E-state index in [0.717, 1.165) is 16.9 Å². The van der Waals surface area contributed by atoms with Gasteiger partial charge in [0.1, 0.15) is 0 Å². The van der Waals surface area contributed by atoms with Crippen molar-refractivity contribution in [2.75, 3.05) is 0 Å². The van der Waals surface area contributed by atoms with E-state index in [0.29, 0.717) is 0 Å². The van der Waals surface area contributed by atoms with Gasteiger partial charge in [0.2, 0.25) is 0 Å². The molecule has 0 spiro atoms. The number of hydrogen-bond donors (Lipinski definition) is 0. The van der Waals surface area contributed by atoms with Crippen LogP contribution in [0.4, 0.5) is 0 Å². The second kappa shape index (κ2) is 11.1. The van der Waals surface area contributed by atoms with Crippen LogP contribution in [0.1, 0.15) is 0 Å². The van der Waals surface area contributed by atoms with Crippen molar-refractivity contribution >= 4 is 52.8 Å². The van der Waals surface area contributed by atoms with Crippen LogP contribution in [-0.2, 0) is 0 Å². The van der Waals surface area contributed by atoms with Gasteiger partial charge in [-0.05, 0) is 0 Å². The standard InChI is InChI=1S/C40H29GeN3/c1-3-14-31(15-4-1)41(32-16-5-2-6-17-32,40-23-10-12-27-43-40)33-18-13-19-34(29-33)44-38-22-8-7-20-35(38)36-25-24-30(28-39(36)44)37-21-9-11-26-42-37/h1-29H. The molecule has 3 heterocycles. The molecule has 4 heteroatoms. The van der Waals surface area contributed by atoms with Gasteiger partial charge in [0.05, 0.1) is 0 Å². The molecule has 0 aliphatic heterocycles. The third-order valence-corrected chi connectivity index (χ3v) is 18.4. The van der Waals surface area contributed by atoms with E-state index in [-0.39, 0.29) is 0 Å². The Balaban J connectivity index is 1.44. The number of aromatic nitrogens is 3. The van der Waals surface area contributed by atoms with Crippen LogP contribution in [0.3, 0.4) is 0 Å². The number of pyridine rings is 2. The predicted octanol–water partition coefficient (Wildman–Crippen LogP) is 6.62. The number of fused-ring (bicyclic) bond motifs is 3. The van der Waals surface area contributed by atoms with Crippen molar-refractivity contribution in [3.63, 3.8) is 0 Å². The Bertz CT molecular complexity index is 2110. The Labute approximate surface area is 259 Å². The molecule has 0 amide bonds. The van der Waals surface area contributed by atoms with Gasteiger partial charge in [-0.3, -0.25) is 0 Å². The van der Waals surface area contributed by atoms with Crippen molar-refractivity contribution in [1.82, 2.24) is 14.5 Å². The van der Waals surface area contributed by atoms with Crippen molar-refractivity contribution in [3.8, 4) is 16.9 Å². The Kier molecular flexibility index (Phi) is 6.66. The van der Waals surface area contributed by atoms with Gasteiger partial charge in [-0.15, -0.1) is 0 Å². The first-order chi connectivity index (χ1) is 21.8. The second-order valence-electron chi connectivity index (χ2n) is 11.0. The average Bonchev–Trinajstić information content (AvgIpc) is 3.44. The fourth-order valence-electron chi connectivity index (χ4n) is 6.72. The first-order valence-corrected chi connectivity index (χ1v) is 19.1. The minimum atomic E-state index is -3.53. The van der Waals surface area contributed by atoms with Gasteiger partial charge in [-0.2, -0.15) is 0 Å². The zero-order chi connectivity index (χ0) is 29.3. The molecule has 208 valence electrons. The predicted molar refractivity (Wildman–Crippen MR) is 185 cm³/mol. The Morgan fingerprint density at radius 3 is 1.77 bits per heavy atom. The molecule has 44 heavy (non-hydrogen) atoms. The van der Waals surface area contributed by atoms with E-state index in [4.69, 9.17) is 4.98 Å². The van der Waals surface area contributed by atoms with Gasteiger partial charge in [0, 0.05) is 0 Å². The zero-order valence-electron chi connectivity index (χ0n) is 24.1. The van der Waals surface area contributed by atoms with Crippen molar-refractivity contribution in [2.45, 2.75) is 0 Å². The molecule has 8 rings (SSSR count). The summed E-state index contributed by atoms with van der Waals surface area (Å²) in [5.74, 6) is 0. The summed E-state index contributed by atoms with van der Waals surface area (Å²) in [6.45, 7) is 0. The van der Waals surface area contributed by atoms with Crippen LogP contribution in [0.15, 0.2) is 176 Å². The van der Waals surface area contributed by atoms with Crippen LogP contribution in [0.25, 0.3) is 38.8 Å². The number of hydrogen-bond acceptors (Lipinski definition) is 2. The van der Waals surface area contributed by atoms with Gasteiger partial charge in [-0.1, -0.05) is 0 Å². The molecule has 0 N–H and O–H groups in total. The monoisotopic (exact) mass is 625 g/mol. The average molecular weight is 624 g/mol. The van der Waals surface area contributed by atoms with Crippen LogP contribution in [0.2, 0.25) is 0 Å². The van der Waals surface area contributed by atoms with Gasteiger partial charge in [0.15, 0.2) is 0 Å². The normalized spacial score (nSPS) is 11.6. The molecule has 0 fully saturated rings. The molecule has 0 aliphatic rings. The number of benzene rings is 5. The van der Waals surface area contributed by atoms with E-state index >= 15 is 0 Å². The maximum atomic E-state index is 5.09. The zero-order valence-corrected chi connectivity index (χ0v) is 26.2. The van der Waals surface area contributed by atoms with Crippen LogP contribution < -0.4 is 17.7 Å². The number of para-hydroxylation sites is 1. The van der Waals surface area contributed by atoms with Crippen LogP contribution in [0.5, 0.6) is 0 Å². The van der Waals surface area contributed by atoms with Crippen LogP contribution >= 0.6 is 0 Å². The van der Waals surface area contributed by atoms with E-state index in [2.05, 4.69) is 155 Å². The number of rotatable bonds is 6. The SMILES string of the molecule is c1cc[c]([Ge]([c]2ccccc2)([c]2cccc(-n3c4ccccc4c4ccc(-c5ccccn5)cc43)c2)[c]2ccccn2)cc1. The summed E-state index contributed by atoms with van der Waals surface area (Å²) in [5.41, 5.74) is 5.57. The van der Waals surface area contributed by atoms with E-state index in [1.165, 1.54) is 39.5 Å². The summed E-state index contributed by atoms with van der Waals surface area (Å²) in [7, 11) is 0. The summed E-state index contributed by atoms with van der Waals surface area (Å²) in [6.07, 6.45) is 3.80. The molecule has 0 atom stereocenters. The molecule has 0 bridgehead atoms. The van der Waals surface area contributed by atoms with E-state index in [9.17, 15) is 0 Å². The van der Waals surface area contributed by atoms with Crippen molar-refractivity contribution in [2.24, 2.45) is 0 Å². The maximum absolute atomic E-state index is 5.09. The third kappa shape index (κ3) is 4.28. The first-order valence-electron chi connectivity index (χ1n) is 14.9. The molecule has 3 nitrogen and oxygen atoms in total. The molecule has 3 aromatic heterocycles. The quantitative estimate of drug-likeness (QED) is 0.195. The molecule has 0 unspecified atom stereocenters. The third-order valence-electron chi connectivity index (χ3n) is 8.63. The summed E-state index contributed by atoms with van der Waals surface area (Å²) in [6, 6.07) is 59.1. The molecular formula is C40H29GeN3. The van der Waals surface area contributed by atoms with Crippen molar-refractivity contribution in [3.05, 3.63) is 176 Å². The van der Waals surface area contributed by atoms with Gasteiger partial charge < -0.3 is 0 Å². The van der Waals surface area contributed by atoms with Gasteiger partial charge in [0.25, 0.3) is 0 Å². The molecule has 0 saturated carbocycles. The number of nitrogens with zero attached hydrogens (tertiary/aromatic N) is 3. The van der Waals surface area contributed by atoms with E-state index in [1.54, 1.807) is 0 Å². The summed E-state index contributed by atoms with van der Waals surface area (Å²) >= 11 is -3.53. The Morgan fingerprint density at radius 2 is 1.07 bits per heavy atom. The second-order valence-corrected chi connectivity index (χ2v) is 18.9. The van der Waals surface area contributed by atoms with Gasteiger partial charge >= 0.3 is 260 Å². The van der Waals surface area contributed by atoms with E-state index < -0.39 is 13.3 Å². The summed E-state index contributed by atoms with van der Waals surface area (Å²) in [4.78, 5) is 9.74. The summed E-state index contributed by atoms with van der Waals surface area (Å²) in [5, 5.41) is 2.47. The fraction of sp³-hybridized carbons (Fsp3) is 0. The minimum absolute atomic E-state index is 0.970. The van der Waals surface area contributed by atoms with Crippen molar-refractivity contribution in [1.29, 1.82) is 0 Å².